The van der Waals surface area contributed by atoms with E-state index in [4.69, 9.17) is 0 Å². The summed E-state index contributed by atoms with van der Waals surface area (Å²) in [6, 6.07) is 7.31. The van der Waals surface area contributed by atoms with Crippen LogP contribution >= 0.6 is 0 Å². The zero-order valence-corrected chi connectivity index (χ0v) is 10.8. The van der Waals surface area contributed by atoms with Crippen LogP contribution in [0.15, 0.2) is 24.3 Å². The van der Waals surface area contributed by atoms with Crippen molar-refractivity contribution in [1.82, 2.24) is 5.32 Å². The topological polar surface area (TPSA) is 15.3 Å². The summed E-state index contributed by atoms with van der Waals surface area (Å²) in [7, 11) is 0. The Labute approximate surface area is 103 Å². The van der Waals surface area contributed by atoms with E-state index in [0.717, 1.165) is 25.2 Å². The summed E-state index contributed by atoms with van der Waals surface area (Å²) in [5.74, 6) is -0.172. The predicted octanol–water partition coefficient (Wildman–Crippen LogP) is 2.79. The Morgan fingerprint density at radius 1 is 1.29 bits per heavy atom. The Morgan fingerprint density at radius 2 is 1.94 bits per heavy atom. The molecule has 0 saturated carbocycles. The Morgan fingerprint density at radius 3 is 2.59 bits per heavy atom. The minimum absolute atomic E-state index is 0.0876. The highest BCUT2D eigenvalue weighted by molar-refractivity contribution is 5.47. The van der Waals surface area contributed by atoms with Crippen LogP contribution < -0.4 is 10.2 Å². The molecule has 2 rings (SSSR count). The fourth-order valence-electron chi connectivity index (χ4n) is 2.56. The lowest BCUT2D eigenvalue weighted by atomic mass is 10.0. The van der Waals surface area contributed by atoms with Crippen LogP contribution in [0.3, 0.4) is 0 Å². The number of hydrogen-bond donors (Lipinski definition) is 1. The minimum atomic E-state index is -0.172. The molecule has 0 spiro atoms. The van der Waals surface area contributed by atoms with Gasteiger partial charge in [0, 0.05) is 30.4 Å². The largest absolute Gasteiger partial charge is 0.370 e. The molecule has 2 nitrogen and oxygen atoms in total. The maximum atomic E-state index is 12.9. The Balaban J connectivity index is 2.17. The first kappa shape index (κ1) is 12.4. The van der Waals surface area contributed by atoms with Gasteiger partial charge in [-0.05, 0) is 51.5 Å². The fraction of sp³-hybridized carbons (Fsp3) is 0.571. The van der Waals surface area contributed by atoms with Gasteiger partial charge in [0.15, 0.2) is 0 Å². The summed E-state index contributed by atoms with van der Waals surface area (Å²) >= 11 is 0. The number of nitrogens with one attached hydrogen (secondary N) is 1. The first-order valence-corrected chi connectivity index (χ1v) is 6.24. The number of anilines is 1. The molecule has 1 N–H and O–H groups in total. The lowest BCUT2D eigenvalue weighted by molar-refractivity contribution is 0.368. The third kappa shape index (κ3) is 3.19. The zero-order chi connectivity index (χ0) is 12.5. The fourth-order valence-corrected chi connectivity index (χ4v) is 2.56. The molecule has 1 aliphatic heterocycles. The normalized spacial score (nSPS) is 24.5. The lowest BCUT2D eigenvalue weighted by Crippen LogP contribution is -2.48. The third-order valence-electron chi connectivity index (χ3n) is 3.25. The van der Waals surface area contributed by atoms with Crippen LogP contribution in [0.25, 0.3) is 0 Å². The Hall–Kier alpha value is -1.09. The molecular formula is C14H21FN2. The van der Waals surface area contributed by atoms with E-state index < -0.39 is 0 Å². The van der Waals surface area contributed by atoms with Crippen molar-refractivity contribution in [2.45, 2.75) is 38.8 Å². The van der Waals surface area contributed by atoms with Crippen molar-refractivity contribution >= 4 is 5.69 Å². The van der Waals surface area contributed by atoms with Crippen LogP contribution in [-0.2, 0) is 0 Å². The molecule has 0 amide bonds. The van der Waals surface area contributed by atoms with Crippen molar-refractivity contribution in [1.29, 1.82) is 0 Å². The average molecular weight is 236 g/mol. The third-order valence-corrected chi connectivity index (χ3v) is 3.25. The molecule has 1 saturated heterocycles. The number of benzene rings is 1. The molecular weight excluding hydrogens is 215 g/mol. The van der Waals surface area contributed by atoms with E-state index in [1.807, 2.05) is 12.1 Å². The SMILES string of the molecule is CC1CCN(c2ccc(F)cc2)CC(C)(C)N1. The Bertz CT molecular complexity index is 372. The van der Waals surface area contributed by atoms with Crippen molar-refractivity contribution in [2.24, 2.45) is 0 Å². The molecule has 1 heterocycles. The Kier molecular flexibility index (Phi) is 3.38. The summed E-state index contributed by atoms with van der Waals surface area (Å²) in [6.07, 6.45) is 1.11. The summed E-state index contributed by atoms with van der Waals surface area (Å²) in [4.78, 5) is 2.33. The number of nitrogens with zero attached hydrogens (tertiary/aromatic N) is 1. The molecule has 0 radical (unpaired) electrons. The van der Waals surface area contributed by atoms with Crippen LogP contribution in [-0.4, -0.2) is 24.7 Å². The van der Waals surface area contributed by atoms with Crippen LogP contribution in [0.5, 0.6) is 0 Å². The van der Waals surface area contributed by atoms with Crippen molar-refractivity contribution in [3.63, 3.8) is 0 Å². The molecule has 1 unspecified atom stereocenters. The van der Waals surface area contributed by atoms with Crippen LogP contribution in [0, 0.1) is 5.82 Å². The second-order valence-corrected chi connectivity index (χ2v) is 5.62. The quantitative estimate of drug-likeness (QED) is 0.806. The van der Waals surface area contributed by atoms with E-state index in [-0.39, 0.29) is 11.4 Å². The van der Waals surface area contributed by atoms with E-state index in [0.29, 0.717) is 6.04 Å². The van der Waals surface area contributed by atoms with Gasteiger partial charge in [-0.2, -0.15) is 0 Å². The summed E-state index contributed by atoms with van der Waals surface area (Å²) in [5, 5.41) is 3.61. The minimum Gasteiger partial charge on any atom is -0.370 e. The first-order chi connectivity index (χ1) is 7.96. The molecule has 0 aliphatic carbocycles. The van der Waals surface area contributed by atoms with Crippen molar-refractivity contribution in [3.8, 4) is 0 Å². The molecule has 3 heteroatoms. The molecule has 17 heavy (non-hydrogen) atoms. The van der Waals surface area contributed by atoms with Crippen LogP contribution in [0.1, 0.15) is 27.2 Å². The summed E-state index contributed by atoms with van der Waals surface area (Å²) < 4.78 is 12.9. The van der Waals surface area contributed by atoms with Crippen LogP contribution in [0.4, 0.5) is 10.1 Å². The molecule has 94 valence electrons. The van der Waals surface area contributed by atoms with E-state index in [1.54, 1.807) is 0 Å². The van der Waals surface area contributed by atoms with E-state index in [2.05, 4.69) is 31.0 Å². The van der Waals surface area contributed by atoms with Gasteiger partial charge < -0.3 is 10.2 Å². The highest BCUT2D eigenvalue weighted by Crippen LogP contribution is 2.21. The van der Waals surface area contributed by atoms with Crippen LogP contribution in [0.2, 0.25) is 0 Å². The second-order valence-electron chi connectivity index (χ2n) is 5.62. The summed E-state index contributed by atoms with van der Waals surface area (Å²) in [6.45, 7) is 8.61. The molecule has 1 aromatic carbocycles. The number of rotatable bonds is 1. The molecule has 1 atom stereocenters. The highest BCUT2D eigenvalue weighted by atomic mass is 19.1. The van der Waals surface area contributed by atoms with E-state index in [1.165, 1.54) is 12.1 Å². The van der Waals surface area contributed by atoms with Gasteiger partial charge in [0.2, 0.25) is 0 Å². The predicted molar refractivity (Wildman–Crippen MR) is 69.9 cm³/mol. The van der Waals surface area contributed by atoms with Gasteiger partial charge in [-0.3, -0.25) is 0 Å². The highest BCUT2D eigenvalue weighted by Gasteiger charge is 2.27. The van der Waals surface area contributed by atoms with Crippen molar-refractivity contribution < 1.29 is 4.39 Å². The maximum absolute atomic E-state index is 12.9. The smallest absolute Gasteiger partial charge is 0.123 e. The molecule has 1 aromatic rings. The van der Waals surface area contributed by atoms with Gasteiger partial charge >= 0.3 is 0 Å². The van der Waals surface area contributed by atoms with Gasteiger partial charge in [-0.15, -0.1) is 0 Å². The van der Waals surface area contributed by atoms with Gasteiger partial charge in [0.1, 0.15) is 5.82 Å². The standard InChI is InChI=1S/C14H21FN2/c1-11-8-9-17(10-14(2,3)16-11)13-6-4-12(15)5-7-13/h4-7,11,16H,8-10H2,1-3H3. The number of halogens is 1. The van der Waals surface area contributed by atoms with Crippen molar-refractivity contribution in [3.05, 3.63) is 30.1 Å². The lowest BCUT2D eigenvalue weighted by Gasteiger charge is -2.32. The average Bonchev–Trinajstić information content (AvgIpc) is 2.37. The maximum Gasteiger partial charge on any atom is 0.123 e. The van der Waals surface area contributed by atoms with E-state index in [9.17, 15) is 4.39 Å². The zero-order valence-electron chi connectivity index (χ0n) is 10.8. The van der Waals surface area contributed by atoms with Crippen molar-refractivity contribution in [2.75, 3.05) is 18.0 Å². The second kappa shape index (κ2) is 4.65. The molecule has 0 aromatic heterocycles. The molecule has 1 fully saturated rings. The molecule has 0 bridgehead atoms. The van der Waals surface area contributed by atoms with E-state index >= 15 is 0 Å². The monoisotopic (exact) mass is 236 g/mol. The van der Waals surface area contributed by atoms with Gasteiger partial charge in [0.05, 0.1) is 0 Å². The molecule has 1 aliphatic rings. The number of hydrogen-bond acceptors (Lipinski definition) is 2. The van der Waals surface area contributed by atoms with Gasteiger partial charge in [-0.1, -0.05) is 0 Å². The van der Waals surface area contributed by atoms with Gasteiger partial charge in [0.25, 0.3) is 0 Å². The first-order valence-electron chi connectivity index (χ1n) is 6.24. The summed E-state index contributed by atoms with van der Waals surface area (Å²) in [5.41, 5.74) is 1.19. The van der Waals surface area contributed by atoms with Gasteiger partial charge in [-0.25, -0.2) is 4.39 Å².